The molecule has 1 aromatic heterocycles. The average Bonchev–Trinajstić information content (AvgIpc) is 3.14. The Morgan fingerprint density at radius 2 is 1.96 bits per heavy atom. The highest BCUT2D eigenvalue weighted by molar-refractivity contribution is 5.91. The van der Waals surface area contributed by atoms with Crippen LogP contribution in [0.4, 0.5) is 0 Å². The Kier molecular flexibility index (Phi) is 6.42. The van der Waals surface area contributed by atoms with Gasteiger partial charge < -0.3 is 19.8 Å². The molecule has 24 heavy (non-hydrogen) atoms. The molecule has 1 unspecified atom stereocenters. The van der Waals surface area contributed by atoms with E-state index >= 15 is 0 Å². The summed E-state index contributed by atoms with van der Waals surface area (Å²) in [5.74, 6) is 0.577. The van der Waals surface area contributed by atoms with Crippen molar-refractivity contribution in [3.8, 4) is 5.75 Å². The van der Waals surface area contributed by atoms with Crippen LogP contribution in [0.2, 0.25) is 0 Å². The second kappa shape index (κ2) is 8.76. The Balaban J connectivity index is 1.80. The van der Waals surface area contributed by atoms with Gasteiger partial charge in [-0.25, -0.2) is 0 Å². The Bertz CT molecular complexity index is 650. The molecule has 128 valence electrons. The topological polar surface area (TPSA) is 80.6 Å². The maximum absolute atomic E-state index is 12.1. The fourth-order valence-corrected chi connectivity index (χ4v) is 2.31. The molecule has 6 heteroatoms. The first-order valence-electron chi connectivity index (χ1n) is 7.89. The first-order valence-corrected chi connectivity index (χ1v) is 7.89. The highest BCUT2D eigenvalue weighted by Crippen LogP contribution is 2.20. The lowest BCUT2D eigenvalue weighted by atomic mass is 10.0. The third-order valence-corrected chi connectivity index (χ3v) is 3.64. The van der Waals surface area contributed by atoms with Crippen molar-refractivity contribution >= 4 is 11.8 Å². The van der Waals surface area contributed by atoms with Crippen molar-refractivity contribution in [3.63, 3.8) is 0 Å². The third kappa shape index (κ3) is 4.87. The van der Waals surface area contributed by atoms with Gasteiger partial charge in [-0.2, -0.15) is 0 Å². The van der Waals surface area contributed by atoms with E-state index in [0.29, 0.717) is 0 Å². The van der Waals surface area contributed by atoms with Gasteiger partial charge in [0.25, 0.3) is 5.91 Å². The van der Waals surface area contributed by atoms with Gasteiger partial charge >= 0.3 is 0 Å². The number of carbonyl (C=O) groups excluding carboxylic acids is 2. The van der Waals surface area contributed by atoms with Gasteiger partial charge in [-0.1, -0.05) is 19.1 Å². The SMILES string of the molecule is CCC(NC(=O)CCNC(=O)c1ccco1)c1ccc(OC)cc1. The van der Waals surface area contributed by atoms with Crippen LogP contribution in [-0.4, -0.2) is 25.5 Å². The van der Waals surface area contributed by atoms with Gasteiger partial charge in [0.1, 0.15) is 5.75 Å². The van der Waals surface area contributed by atoms with Gasteiger partial charge in [0, 0.05) is 13.0 Å². The number of rotatable bonds is 8. The molecule has 0 spiro atoms. The van der Waals surface area contributed by atoms with Crippen LogP contribution in [0.1, 0.15) is 41.9 Å². The number of hydrogen-bond donors (Lipinski definition) is 2. The minimum Gasteiger partial charge on any atom is -0.497 e. The summed E-state index contributed by atoms with van der Waals surface area (Å²) in [7, 11) is 1.62. The van der Waals surface area contributed by atoms with E-state index in [-0.39, 0.29) is 36.6 Å². The fourth-order valence-electron chi connectivity index (χ4n) is 2.31. The number of furan rings is 1. The minimum absolute atomic E-state index is 0.0656. The molecular weight excluding hydrogens is 308 g/mol. The van der Waals surface area contributed by atoms with Crippen molar-refractivity contribution in [2.45, 2.75) is 25.8 Å². The summed E-state index contributed by atoms with van der Waals surface area (Å²) in [5, 5.41) is 5.63. The molecule has 0 saturated heterocycles. The highest BCUT2D eigenvalue weighted by atomic mass is 16.5. The molecule has 1 aromatic carbocycles. The first-order chi connectivity index (χ1) is 11.6. The van der Waals surface area contributed by atoms with Gasteiger partial charge in [0.05, 0.1) is 19.4 Å². The predicted molar refractivity (Wildman–Crippen MR) is 89.8 cm³/mol. The molecule has 2 amide bonds. The molecule has 0 aliphatic carbocycles. The Morgan fingerprint density at radius 3 is 2.54 bits per heavy atom. The molecule has 0 saturated carbocycles. The normalized spacial score (nSPS) is 11.6. The van der Waals surface area contributed by atoms with E-state index in [9.17, 15) is 9.59 Å². The number of methoxy groups -OCH3 is 1. The fraction of sp³-hybridized carbons (Fsp3) is 0.333. The quantitative estimate of drug-likeness (QED) is 0.780. The first kappa shape index (κ1) is 17.6. The summed E-state index contributed by atoms with van der Waals surface area (Å²) >= 11 is 0. The molecule has 0 aliphatic heterocycles. The Hall–Kier alpha value is -2.76. The molecule has 1 atom stereocenters. The van der Waals surface area contributed by atoms with Crippen molar-refractivity contribution in [3.05, 3.63) is 54.0 Å². The second-order valence-corrected chi connectivity index (χ2v) is 5.28. The van der Waals surface area contributed by atoms with Crippen LogP contribution in [-0.2, 0) is 4.79 Å². The Morgan fingerprint density at radius 1 is 1.21 bits per heavy atom. The molecule has 0 radical (unpaired) electrons. The van der Waals surface area contributed by atoms with Crippen molar-refractivity contribution in [1.29, 1.82) is 0 Å². The second-order valence-electron chi connectivity index (χ2n) is 5.28. The summed E-state index contributed by atoms with van der Waals surface area (Å²) in [6.07, 6.45) is 2.41. The van der Waals surface area contributed by atoms with Crippen molar-refractivity contribution < 1.29 is 18.7 Å². The van der Waals surface area contributed by atoms with Crippen LogP contribution in [0.5, 0.6) is 5.75 Å². The number of amides is 2. The summed E-state index contributed by atoms with van der Waals surface area (Å²) in [5.41, 5.74) is 1.02. The number of benzene rings is 1. The van der Waals surface area contributed by atoms with E-state index in [2.05, 4.69) is 10.6 Å². The lowest BCUT2D eigenvalue weighted by molar-refractivity contribution is -0.121. The molecule has 2 N–H and O–H groups in total. The number of carbonyl (C=O) groups is 2. The van der Waals surface area contributed by atoms with Crippen LogP contribution in [0.3, 0.4) is 0 Å². The van der Waals surface area contributed by atoms with E-state index in [0.717, 1.165) is 17.7 Å². The molecule has 0 fully saturated rings. The van der Waals surface area contributed by atoms with Crippen molar-refractivity contribution in [2.75, 3.05) is 13.7 Å². The highest BCUT2D eigenvalue weighted by Gasteiger charge is 2.13. The Labute approximate surface area is 141 Å². The standard InChI is InChI=1S/C18H22N2O4/c1-3-15(13-6-8-14(23-2)9-7-13)20-17(21)10-11-19-18(22)16-5-4-12-24-16/h4-9,12,15H,3,10-11H2,1-2H3,(H,19,22)(H,20,21). The summed E-state index contributed by atoms with van der Waals surface area (Å²) in [4.78, 5) is 23.8. The maximum atomic E-state index is 12.1. The summed E-state index contributed by atoms with van der Waals surface area (Å²) in [6, 6.07) is 10.8. The van der Waals surface area contributed by atoms with E-state index in [1.807, 2.05) is 31.2 Å². The van der Waals surface area contributed by atoms with Gasteiger partial charge in [0.2, 0.25) is 5.91 Å². The molecular formula is C18H22N2O4. The van der Waals surface area contributed by atoms with Gasteiger partial charge in [-0.05, 0) is 36.2 Å². The maximum Gasteiger partial charge on any atom is 0.286 e. The monoisotopic (exact) mass is 330 g/mol. The average molecular weight is 330 g/mol. The largest absolute Gasteiger partial charge is 0.497 e. The predicted octanol–water partition coefficient (Wildman–Crippen LogP) is 2.68. The molecule has 2 rings (SSSR count). The zero-order valence-corrected chi connectivity index (χ0v) is 13.9. The van der Waals surface area contributed by atoms with Crippen LogP contribution in [0, 0.1) is 0 Å². The number of hydrogen-bond acceptors (Lipinski definition) is 4. The van der Waals surface area contributed by atoms with Crippen molar-refractivity contribution in [2.24, 2.45) is 0 Å². The molecule has 2 aromatic rings. The van der Waals surface area contributed by atoms with Crippen molar-refractivity contribution in [1.82, 2.24) is 10.6 Å². The van der Waals surface area contributed by atoms with Crippen LogP contribution < -0.4 is 15.4 Å². The molecule has 0 bridgehead atoms. The third-order valence-electron chi connectivity index (χ3n) is 3.64. The van der Waals surface area contributed by atoms with Gasteiger partial charge in [0.15, 0.2) is 5.76 Å². The zero-order chi connectivity index (χ0) is 17.4. The van der Waals surface area contributed by atoms with Crippen LogP contribution in [0.15, 0.2) is 47.1 Å². The molecule has 6 nitrogen and oxygen atoms in total. The summed E-state index contributed by atoms with van der Waals surface area (Å²) < 4.78 is 10.1. The zero-order valence-electron chi connectivity index (χ0n) is 13.9. The number of ether oxygens (including phenoxy) is 1. The van der Waals surface area contributed by atoms with E-state index in [1.54, 1.807) is 19.2 Å². The lowest BCUT2D eigenvalue weighted by Gasteiger charge is -2.18. The van der Waals surface area contributed by atoms with E-state index in [1.165, 1.54) is 6.26 Å². The lowest BCUT2D eigenvalue weighted by Crippen LogP contribution is -2.32. The van der Waals surface area contributed by atoms with E-state index in [4.69, 9.17) is 9.15 Å². The van der Waals surface area contributed by atoms with E-state index < -0.39 is 0 Å². The molecule has 0 aliphatic rings. The summed E-state index contributed by atoms with van der Waals surface area (Å²) in [6.45, 7) is 2.26. The minimum atomic E-state index is -0.324. The van der Waals surface area contributed by atoms with Gasteiger partial charge in [-0.3, -0.25) is 9.59 Å². The smallest absolute Gasteiger partial charge is 0.286 e. The molecule has 1 heterocycles. The van der Waals surface area contributed by atoms with Gasteiger partial charge in [-0.15, -0.1) is 0 Å². The number of nitrogens with one attached hydrogen (secondary N) is 2. The van der Waals surface area contributed by atoms with Crippen LogP contribution >= 0.6 is 0 Å². The van der Waals surface area contributed by atoms with Crippen LogP contribution in [0.25, 0.3) is 0 Å².